The summed E-state index contributed by atoms with van der Waals surface area (Å²) in [5.74, 6) is -1.66. The molecule has 2 aromatic rings. The van der Waals surface area contributed by atoms with Crippen LogP contribution in [0, 0.1) is 0 Å². The zero-order chi connectivity index (χ0) is 20.8. The number of fused-ring (bicyclic) bond motifs is 2. The number of carbonyl (C=O) groups is 2. The van der Waals surface area contributed by atoms with Crippen LogP contribution in [0.25, 0.3) is 0 Å². The smallest absolute Gasteiger partial charge is 0.419 e. The first kappa shape index (κ1) is 19.4. The monoisotopic (exact) mass is 405 g/mol. The molecule has 0 amide bonds. The number of methoxy groups -OCH3 is 1. The molecule has 0 aliphatic carbocycles. The molecule has 8 heteroatoms. The van der Waals surface area contributed by atoms with E-state index < -0.39 is 29.1 Å². The number of alkyl halides is 3. The Morgan fingerprint density at radius 3 is 2.55 bits per heavy atom. The molecule has 4 rings (SSSR count). The van der Waals surface area contributed by atoms with Crippen molar-refractivity contribution in [1.82, 2.24) is 5.32 Å². The average molecular weight is 405 g/mol. The van der Waals surface area contributed by atoms with Crippen LogP contribution in [0.1, 0.15) is 50.2 Å². The number of benzene rings is 2. The Kier molecular flexibility index (Phi) is 4.61. The molecule has 0 bridgehead atoms. The minimum atomic E-state index is -4.68. The number of ether oxygens (including phenoxy) is 2. The molecule has 1 saturated heterocycles. The number of ketones is 1. The molecule has 0 unspecified atom stereocenters. The van der Waals surface area contributed by atoms with E-state index in [0.29, 0.717) is 31.5 Å². The van der Waals surface area contributed by atoms with E-state index in [1.54, 1.807) is 12.1 Å². The van der Waals surface area contributed by atoms with Crippen molar-refractivity contribution in [1.29, 1.82) is 0 Å². The van der Waals surface area contributed by atoms with Crippen LogP contribution in [0.5, 0.6) is 5.75 Å². The quantitative estimate of drug-likeness (QED) is 0.623. The van der Waals surface area contributed by atoms with E-state index in [1.165, 1.54) is 12.1 Å². The lowest BCUT2D eigenvalue weighted by molar-refractivity contribution is -0.138. The highest BCUT2D eigenvalue weighted by molar-refractivity contribution is 6.16. The highest BCUT2D eigenvalue weighted by Crippen LogP contribution is 2.44. The maximum Gasteiger partial charge on any atom is 0.419 e. The van der Waals surface area contributed by atoms with E-state index in [-0.39, 0.29) is 22.4 Å². The van der Waals surface area contributed by atoms with Gasteiger partial charge in [0.05, 0.1) is 18.2 Å². The van der Waals surface area contributed by atoms with Gasteiger partial charge >= 0.3 is 12.1 Å². The number of carbonyl (C=O) groups excluding carboxylic acids is 2. The van der Waals surface area contributed by atoms with Gasteiger partial charge < -0.3 is 14.8 Å². The predicted octanol–water partition coefficient (Wildman–Crippen LogP) is 3.69. The van der Waals surface area contributed by atoms with Crippen molar-refractivity contribution < 1.29 is 32.2 Å². The van der Waals surface area contributed by atoms with Gasteiger partial charge in [0, 0.05) is 29.5 Å². The van der Waals surface area contributed by atoms with Gasteiger partial charge in [-0.3, -0.25) is 4.79 Å². The molecule has 2 heterocycles. The first-order chi connectivity index (χ1) is 13.8. The number of piperidine rings is 1. The molecule has 2 aliphatic rings. The van der Waals surface area contributed by atoms with Gasteiger partial charge in [0.15, 0.2) is 5.78 Å². The van der Waals surface area contributed by atoms with Gasteiger partial charge in [0.1, 0.15) is 11.4 Å². The van der Waals surface area contributed by atoms with Gasteiger partial charge in [0.2, 0.25) is 0 Å². The maximum absolute atomic E-state index is 13.3. The minimum absolute atomic E-state index is 0.0428. The third kappa shape index (κ3) is 3.17. The summed E-state index contributed by atoms with van der Waals surface area (Å²) >= 11 is 0. The van der Waals surface area contributed by atoms with Gasteiger partial charge in [-0.05, 0) is 31.3 Å². The summed E-state index contributed by atoms with van der Waals surface area (Å²) in [5, 5.41) is 3.20. The topological polar surface area (TPSA) is 64.6 Å². The van der Waals surface area contributed by atoms with E-state index >= 15 is 0 Å². The SMILES string of the molecule is COc1ccc(C(=O)c2cccc3c2C(=O)OC32CCNCC2)cc1C(F)(F)F. The summed E-state index contributed by atoms with van der Waals surface area (Å²) in [6, 6.07) is 7.94. The molecule has 1 N–H and O–H groups in total. The summed E-state index contributed by atoms with van der Waals surface area (Å²) in [4.78, 5) is 25.7. The lowest BCUT2D eigenvalue weighted by Crippen LogP contribution is -2.39. The second kappa shape index (κ2) is 6.88. The Morgan fingerprint density at radius 1 is 1.17 bits per heavy atom. The third-order valence-electron chi connectivity index (χ3n) is 5.47. The van der Waals surface area contributed by atoms with Gasteiger partial charge in [-0.1, -0.05) is 18.2 Å². The number of halogens is 3. The van der Waals surface area contributed by atoms with Gasteiger partial charge in [-0.15, -0.1) is 0 Å². The molecule has 29 heavy (non-hydrogen) atoms. The van der Waals surface area contributed by atoms with Crippen LogP contribution >= 0.6 is 0 Å². The van der Waals surface area contributed by atoms with Crippen LogP contribution in [0.4, 0.5) is 13.2 Å². The van der Waals surface area contributed by atoms with Crippen molar-refractivity contribution in [3.63, 3.8) is 0 Å². The van der Waals surface area contributed by atoms with Gasteiger partial charge in [0.25, 0.3) is 0 Å². The zero-order valence-electron chi connectivity index (χ0n) is 15.6. The van der Waals surface area contributed by atoms with Crippen LogP contribution in [0.3, 0.4) is 0 Å². The lowest BCUT2D eigenvalue weighted by Gasteiger charge is -2.33. The first-order valence-electron chi connectivity index (χ1n) is 9.14. The molecule has 0 atom stereocenters. The van der Waals surface area contributed by atoms with Crippen LogP contribution in [0.15, 0.2) is 36.4 Å². The van der Waals surface area contributed by atoms with Crippen LogP contribution in [-0.4, -0.2) is 32.0 Å². The molecule has 0 radical (unpaired) electrons. The van der Waals surface area contributed by atoms with Crippen molar-refractivity contribution in [2.24, 2.45) is 0 Å². The Morgan fingerprint density at radius 2 is 1.90 bits per heavy atom. The summed E-state index contributed by atoms with van der Waals surface area (Å²) in [5.41, 5.74) is -1.20. The largest absolute Gasteiger partial charge is 0.496 e. The molecule has 0 saturated carbocycles. The normalized spacial score (nSPS) is 17.7. The fourth-order valence-electron chi connectivity index (χ4n) is 4.05. The minimum Gasteiger partial charge on any atom is -0.496 e. The van der Waals surface area contributed by atoms with Crippen LogP contribution < -0.4 is 10.1 Å². The number of hydrogen-bond acceptors (Lipinski definition) is 5. The molecular weight excluding hydrogens is 387 g/mol. The van der Waals surface area contributed by atoms with Crippen LogP contribution in [-0.2, 0) is 16.5 Å². The molecular formula is C21H18F3NO4. The Balaban J connectivity index is 1.80. The third-order valence-corrected chi connectivity index (χ3v) is 5.47. The summed E-state index contributed by atoms with van der Waals surface area (Å²) in [7, 11) is 1.13. The Hall–Kier alpha value is -2.87. The van der Waals surface area contributed by atoms with Gasteiger partial charge in [-0.25, -0.2) is 4.79 Å². The molecule has 2 aromatic carbocycles. The molecule has 5 nitrogen and oxygen atoms in total. The fraction of sp³-hybridized carbons (Fsp3) is 0.333. The van der Waals surface area contributed by atoms with Crippen molar-refractivity contribution in [2.75, 3.05) is 20.2 Å². The summed E-state index contributed by atoms with van der Waals surface area (Å²) < 4.78 is 50.4. The number of rotatable bonds is 3. The van der Waals surface area contributed by atoms with Gasteiger partial charge in [-0.2, -0.15) is 13.2 Å². The standard InChI is InChI=1S/C21H18F3NO4/c1-28-16-6-5-12(11-15(16)21(22,23)24)18(26)13-3-2-4-14-17(13)19(27)29-20(14)7-9-25-10-8-20/h2-6,11,25H,7-10H2,1H3. The second-order valence-corrected chi connectivity index (χ2v) is 7.10. The summed E-state index contributed by atoms with van der Waals surface area (Å²) in [6.07, 6.45) is -3.54. The highest BCUT2D eigenvalue weighted by atomic mass is 19.4. The molecule has 1 fully saturated rings. The predicted molar refractivity (Wildman–Crippen MR) is 97.1 cm³/mol. The molecule has 1 spiro atoms. The van der Waals surface area contributed by atoms with E-state index in [4.69, 9.17) is 9.47 Å². The zero-order valence-corrected chi connectivity index (χ0v) is 15.6. The Bertz CT molecular complexity index is 994. The number of nitrogens with one attached hydrogen (secondary N) is 1. The summed E-state index contributed by atoms with van der Waals surface area (Å²) in [6.45, 7) is 1.33. The van der Waals surface area contributed by atoms with E-state index in [9.17, 15) is 22.8 Å². The molecule has 152 valence electrons. The first-order valence-corrected chi connectivity index (χ1v) is 9.14. The fourth-order valence-corrected chi connectivity index (χ4v) is 4.05. The molecule has 2 aliphatic heterocycles. The van der Waals surface area contributed by atoms with Crippen molar-refractivity contribution in [2.45, 2.75) is 24.6 Å². The maximum atomic E-state index is 13.3. The van der Waals surface area contributed by atoms with Crippen molar-refractivity contribution in [3.8, 4) is 5.75 Å². The Labute approximate surface area is 164 Å². The van der Waals surface area contributed by atoms with E-state index in [2.05, 4.69) is 5.32 Å². The molecule has 0 aromatic heterocycles. The second-order valence-electron chi connectivity index (χ2n) is 7.10. The lowest BCUT2D eigenvalue weighted by atomic mass is 9.82. The highest BCUT2D eigenvalue weighted by Gasteiger charge is 2.47. The van der Waals surface area contributed by atoms with Crippen LogP contribution in [0.2, 0.25) is 0 Å². The number of hydrogen-bond donors (Lipinski definition) is 1. The van der Waals surface area contributed by atoms with E-state index in [1.807, 2.05) is 0 Å². The number of esters is 1. The van der Waals surface area contributed by atoms with E-state index in [0.717, 1.165) is 19.2 Å². The van der Waals surface area contributed by atoms with Crippen molar-refractivity contribution >= 4 is 11.8 Å². The van der Waals surface area contributed by atoms with Crippen molar-refractivity contribution in [3.05, 3.63) is 64.2 Å². The average Bonchev–Trinajstić information content (AvgIpc) is 2.98.